The average Bonchev–Trinajstić information content (AvgIpc) is 2.53. The first kappa shape index (κ1) is 14.5. The molecule has 1 aromatic carbocycles. The minimum absolute atomic E-state index is 0.474. The van der Waals surface area contributed by atoms with Crippen molar-refractivity contribution in [1.82, 2.24) is 4.98 Å². The topological polar surface area (TPSA) is 36.4 Å². The minimum atomic E-state index is -0.474. The van der Waals surface area contributed by atoms with Crippen LogP contribution in [0.15, 0.2) is 42.6 Å². The molecule has 0 aliphatic heterocycles. The van der Waals surface area contributed by atoms with Crippen LogP contribution in [0.4, 0.5) is 11.4 Å². The highest BCUT2D eigenvalue weighted by atomic mass is 16.3. The Bertz CT molecular complexity index is 534. The van der Waals surface area contributed by atoms with Crippen LogP contribution in [0.2, 0.25) is 0 Å². The second kappa shape index (κ2) is 6.53. The summed E-state index contributed by atoms with van der Waals surface area (Å²) in [6.45, 7) is 4.10. The molecule has 0 spiro atoms. The highest BCUT2D eigenvalue weighted by molar-refractivity contribution is 5.61. The molecule has 3 nitrogen and oxygen atoms in total. The van der Waals surface area contributed by atoms with Gasteiger partial charge in [-0.15, -0.1) is 0 Å². The molecule has 0 saturated carbocycles. The summed E-state index contributed by atoms with van der Waals surface area (Å²) in [5.41, 5.74) is 4.21. The van der Waals surface area contributed by atoms with E-state index in [0.29, 0.717) is 6.42 Å². The number of aromatic nitrogens is 1. The Labute approximate surface area is 120 Å². The zero-order valence-corrected chi connectivity index (χ0v) is 12.4. The molecule has 0 amide bonds. The standard InChI is InChI=1S/C17H22N2O/c1-4-13-6-8-14(9-7-13)19(3)15-10-11-16(18-12-15)17(20)5-2/h6-12,17,20H,4-5H2,1-3H3/t17-/m0/s1. The van der Waals surface area contributed by atoms with E-state index in [9.17, 15) is 5.11 Å². The maximum Gasteiger partial charge on any atom is 0.0957 e. The van der Waals surface area contributed by atoms with E-state index in [-0.39, 0.29) is 0 Å². The number of aliphatic hydroxyl groups is 1. The van der Waals surface area contributed by atoms with Crippen molar-refractivity contribution >= 4 is 11.4 Å². The zero-order chi connectivity index (χ0) is 14.5. The first-order valence-corrected chi connectivity index (χ1v) is 7.12. The Balaban J connectivity index is 2.17. The number of aliphatic hydroxyl groups excluding tert-OH is 1. The van der Waals surface area contributed by atoms with Crippen LogP contribution in [0.5, 0.6) is 0 Å². The van der Waals surface area contributed by atoms with E-state index in [1.807, 2.05) is 32.3 Å². The molecule has 1 aromatic heterocycles. The second-order valence-corrected chi connectivity index (χ2v) is 4.94. The molecule has 2 rings (SSSR count). The summed E-state index contributed by atoms with van der Waals surface area (Å²) in [5.74, 6) is 0. The number of aryl methyl sites for hydroxylation is 1. The summed E-state index contributed by atoms with van der Waals surface area (Å²) in [4.78, 5) is 6.43. The molecule has 0 fully saturated rings. The van der Waals surface area contributed by atoms with Gasteiger partial charge in [-0.25, -0.2) is 0 Å². The second-order valence-electron chi connectivity index (χ2n) is 4.94. The molecule has 0 unspecified atom stereocenters. The largest absolute Gasteiger partial charge is 0.387 e. The van der Waals surface area contributed by atoms with E-state index in [0.717, 1.165) is 23.5 Å². The van der Waals surface area contributed by atoms with E-state index in [4.69, 9.17) is 0 Å². The minimum Gasteiger partial charge on any atom is -0.387 e. The molecule has 0 saturated heterocycles. The molecule has 0 aliphatic rings. The number of hydrogen-bond acceptors (Lipinski definition) is 3. The average molecular weight is 270 g/mol. The molecule has 1 heterocycles. The van der Waals surface area contributed by atoms with Gasteiger partial charge in [0.05, 0.1) is 23.7 Å². The van der Waals surface area contributed by atoms with Crippen LogP contribution in [-0.2, 0) is 6.42 Å². The van der Waals surface area contributed by atoms with Crippen LogP contribution < -0.4 is 4.90 Å². The summed E-state index contributed by atoms with van der Waals surface area (Å²) in [6.07, 6.45) is 3.07. The van der Waals surface area contributed by atoms with E-state index >= 15 is 0 Å². The molecule has 106 valence electrons. The van der Waals surface area contributed by atoms with Gasteiger partial charge in [0.2, 0.25) is 0 Å². The van der Waals surface area contributed by atoms with Gasteiger partial charge >= 0.3 is 0 Å². The lowest BCUT2D eigenvalue weighted by molar-refractivity contribution is 0.169. The van der Waals surface area contributed by atoms with Gasteiger partial charge in [0.25, 0.3) is 0 Å². The maximum absolute atomic E-state index is 9.76. The van der Waals surface area contributed by atoms with Crippen LogP contribution in [-0.4, -0.2) is 17.1 Å². The number of nitrogens with zero attached hydrogens (tertiary/aromatic N) is 2. The van der Waals surface area contributed by atoms with E-state index < -0.39 is 6.10 Å². The van der Waals surface area contributed by atoms with Crippen molar-refractivity contribution in [1.29, 1.82) is 0 Å². The normalized spacial score (nSPS) is 12.2. The summed E-state index contributed by atoms with van der Waals surface area (Å²) < 4.78 is 0. The summed E-state index contributed by atoms with van der Waals surface area (Å²) >= 11 is 0. The molecule has 3 heteroatoms. The number of benzene rings is 1. The fourth-order valence-electron chi connectivity index (χ4n) is 2.11. The molecule has 20 heavy (non-hydrogen) atoms. The molecule has 2 aromatic rings. The third kappa shape index (κ3) is 3.17. The van der Waals surface area contributed by atoms with Gasteiger partial charge in [0, 0.05) is 12.7 Å². The fourth-order valence-corrected chi connectivity index (χ4v) is 2.11. The SMILES string of the molecule is CCc1ccc(N(C)c2ccc([C@@H](O)CC)nc2)cc1. The van der Waals surface area contributed by atoms with Gasteiger partial charge in [-0.1, -0.05) is 26.0 Å². The van der Waals surface area contributed by atoms with Gasteiger partial charge < -0.3 is 10.0 Å². The first-order chi connectivity index (χ1) is 9.65. The Hall–Kier alpha value is -1.87. The summed E-state index contributed by atoms with van der Waals surface area (Å²) in [7, 11) is 2.02. The Kier molecular flexibility index (Phi) is 4.74. The van der Waals surface area contributed by atoms with Gasteiger partial charge in [0.1, 0.15) is 0 Å². The van der Waals surface area contributed by atoms with Crippen LogP contribution in [0, 0.1) is 0 Å². The first-order valence-electron chi connectivity index (χ1n) is 7.12. The molecule has 0 bridgehead atoms. The van der Waals surface area contributed by atoms with Crippen molar-refractivity contribution < 1.29 is 5.11 Å². The van der Waals surface area contributed by atoms with Crippen molar-refractivity contribution in [3.8, 4) is 0 Å². The van der Waals surface area contributed by atoms with Crippen molar-refractivity contribution in [3.05, 3.63) is 53.9 Å². The third-order valence-electron chi connectivity index (χ3n) is 3.62. The van der Waals surface area contributed by atoms with Crippen molar-refractivity contribution in [3.63, 3.8) is 0 Å². The monoisotopic (exact) mass is 270 g/mol. The maximum atomic E-state index is 9.76. The lowest BCUT2D eigenvalue weighted by Gasteiger charge is -2.20. The zero-order valence-electron chi connectivity index (χ0n) is 12.4. The lowest BCUT2D eigenvalue weighted by Crippen LogP contribution is -2.10. The van der Waals surface area contributed by atoms with Crippen molar-refractivity contribution in [2.24, 2.45) is 0 Å². The Morgan fingerprint density at radius 3 is 2.20 bits per heavy atom. The van der Waals surface area contributed by atoms with Crippen LogP contribution in [0.25, 0.3) is 0 Å². The van der Waals surface area contributed by atoms with Gasteiger partial charge in [-0.3, -0.25) is 4.98 Å². The van der Waals surface area contributed by atoms with E-state index in [1.165, 1.54) is 5.56 Å². The molecular weight excluding hydrogens is 248 g/mol. The quantitative estimate of drug-likeness (QED) is 0.896. The van der Waals surface area contributed by atoms with Crippen molar-refractivity contribution in [2.45, 2.75) is 32.8 Å². The highest BCUT2D eigenvalue weighted by Gasteiger charge is 2.08. The lowest BCUT2D eigenvalue weighted by atomic mass is 10.1. The Morgan fingerprint density at radius 2 is 1.70 bits per heavy atom. The Morgan fingerprint density at radius 1 is 1.05 bits per heavy atom. The summed E-state index contributed by atoms with van der Waals surface area (Å²) in [5, 5.41) is 9.76. The van der Waals surface area contributed by atoms with Gasteiger partial charge in [0.15, 0.2) is 0 Å². The molecule has 0 aliphatic carbocycles. The fraction of sp³-hybridized carbons (Fsp3) is 0.353. The molecule has 1 N–H and O–H groups in total. The van der Waals surface area contributed by atoms with Crippen LogP contribution >= 0.6 is 0 Å². The number of pyridine rings is 1. The van der Waals surface area contributed by atoms with Crippen molar-refractivity contribution in [2.75, 3.05) is 11.9 Å². The van der Waals surface area contributed by atoms with Gasteiger partial charge in [-0.2, -0.15) is 0 Å². The highest BCUT2D eigenvalue weighted by Crippen LogP contribution is 2.24. The molecule has 1 atom stereocenters. The number of hydrogen-bond donors (Lipinski definition) is 1. The van der Waals surface area contributed by atoms with Gasteiger partial charge in [-0.05, 0) is 42.7 Å². The predicted molar refractivity (Wildman–Crippen MR) is 83.4 cm³/mol. The van der Waals surface area contributed by atoms with Crippen LogP contribution in [0.3, 0.4) is 0 Å². The number of rotatable bonds is 5. The number of anilines is 2. The third-order valence-corrected chi connectivity index (χ3v) is 3.62. The predicted octanol–water partition coefficient (Wildman–Crippen LogP) is 3.86. The molecule has 0 radical (unpaired) electrons. The van der Waals surface area contributed by atoms with Crippen LogP contribution in [0.1, 0.15) is 37.6 Å². The smallest absolute Gasteiger partial charge is 0.0957 e. The van der Waals surface area contributed by atoms with E-state index in [2.05, 4.69) is 41.1 Å². The van der Waals surface area contributed by atoms with E-state index in [1.54, 1.807) is 0 Å². The summed E-state index contributed by atoms with van der Waals surface area (Å²) in [6, 6.07) is 12.4. The molecular formula is C17H22N2O.